The first-order valence-corrected chi connectivity index (χ1v) is 7.17. The Morgan fingerprint density at radius 2 is 2.33 bits per heavy atom. The topological polar surface area (TPSA) is 41.1 Å². The van der Waals surface area contributed by atoms with Crippen molar-refractivity contribution in [3.63, 3.8) is 0 Å². The summed E-state index contributed by atoms with van der Waals surface area (Å²) in [6, 6.07) is 5.94. The molecule has 1 aromatic carbocycles. The average Bonchev–Trinajstić information content (AvgIpc) is 2.40. The first-order valence-electron chi connectivity index (χ1n) is 6.10. The zero-order valence-corrected chi connectivity index (χ0v) is 12.6. The van der Waals surface area contributed by atoms with Gasteiger partial charge >= 0.3 is 0 Å². The molecule has 0 atom stereocenters. The van der Waals surface area contributed by atoms with Gasteiger partial charge in [-0.1, -0.05) is 23.3 Å². The summed E-state index contributed by atoms with van der Waals surface area (Å²) in [4.78, 5) is 12.1. The standard InChI is InChI=1S/C14H17IN2O/c1-10-2-3-13(15)12(8-10)14(18)17-9-11-4-6-16-7-5-11/h2-4,8,16H,5-7,9H2,1H3,(H,17,18). The van der Waals surface area contributed by atoms with Crippen LogP contribution in [0.5, 0.6) is 0 Å². The van der Waals surface area contributed by atoms with Gasteiger partial charge in [0.1, 0.15) is 0 Å². The third kappa shape index (κ3) is 3.55. The molecule has 18 heavy (non-hydrogen) atoms. The highest BCUT2D eigenvalue weighted by Crippen LogP contribution is 2.14. The highest BCUT2D eigenvalue weighted by molar-refractivity contribution is 14.1. The highest BCUT2D eigenvalue weighted by atomic mass is 127. The van der Waals surface area contributed by atoms with Gasteiger partial charge in [0, 0.05) is 16.7 Å². The minimum Gasteiger partial charge on any atom is -0.348 e. The van der Waals surface area contributed by atoms with Crippen LogP contribution in [-0.2, 0) is 0 Å². The fourth-order valence-electron chi connectivity index (χ4n) is 1.93. The van der Waals surface area contributed by atoms with Crippen molar-refractivity contribution in [3.8, 4) is 0 Å². The molecule has 0 unspecified atom stereocenters. The van der Waals surface area contributed by atoms with E-state index in [0.717, 1.165) is 34.2 Å². The number of hydrogen-bond donors (Lipinski definition) is 2. The second-order valence-electron chi connectivity index (χ2n) is 4.48. The molecule has 1 heterocycles. The zero-order chi connectivity index (χ0) is 13.0. The van der Waals surface area contributed by atoms with E-state index in [1.807, 2.05) is 25.1 Å². The molecule has 2 rings (SSSR count). The molecule has 0 spiro atoms. The Labute approximate surface area is 121 Å². The predicted molar refractivity (Wildman–Crippen MR) is 81.8 cm³/mol. The molecule has 3 nitrogen and oxygen atoms in total. The third-order valence-electron chi connectivity index (χ3n) is 3.00. The van der Waals surface area contributed by atoms with Crippen LogP contribution < -0.4 is 10.6 Å². The van der Waals surface area contributed by atoms with E-state index in [4.69, 9.17) is 0 Å². The molecule has 1 aromatic rings. The molecule has 1 aliphatic rings. The number of hydrogen-bond acceptors (Lipinski definition) is 2. The van der Waals surface area contributed by atoms with Crippen LogP contribution in [0.3, 0.4) is 0 Å². The average molecular weight is 356 g/mol. The normalized spacial score (nSPS) is 15.1. The molecule has 0 radical (unpaired) electrons. The van der Waals surface area contributed by atoms with Gasteiger partial charge in [0.2, 0.25) is 0 Å². The molecule has 4 heteroatoms. The molecule has 0 fully saturated rings. The summed E-state index contributed by atoms with van der Waals surface area (Å²) in [5.41, 5.74) is 3.19. The van der Waals surface area contributed by atoms with Crippen molar-refractivity contribution in [1.29, 1.82) is 0 Å². The second-order valence-corrected chi connectivity index (χ2v) is 5.64. The highest BCUT2D eigenvalue weighted by Gasteiger charge is 2.11. The fourth-order valence-corrected chi connectivity index (χ4v) is 2.51. The molecule has 0 bridgehead atoms. The van der Waals surface area contributed by atoms with Crippen molar-refractivity contribution in [2.24, 2.45) is 0 Å². The molecule has 1 amide bonds. The minimum absolute atomic E-state index is 0.0162. The maximum Gasteiger partial charge on any atom is 0.252 e. The van der Waals surface area contributed by atoms with Crippen molar-refractivity contribution in [2.75, 3.05) is 19.6 Å². The van der Waals surface area contributed by atoms with E-state index in [9.17, 15) is 4.79 Å². The van der Waals surface area contributed by atoms with Crippen LogP contribution in [0.4, 0.5) is 0 Å². The first-order chi connectivity index (χ1) is 8.66. The Morgan fingerprint density at radius 1 is 1.50 bits per heavy atom. The van der Waals surface area contributed by atoms with Crippen LogP contribution in [0.2, 0.25) is 0 Å². The number of amides is 1. The van der Waals surface area contributed by atoms with E-state index >= 15 is 0 Å². The van der Waals surface area contributed by atoms with Gasteiger partial charge in [0.05, 0.1) is 5.56 Å². The van der Waals surface area contributed by atoms with Crippen LogP contribution in [0.25, 0.3) is 0 Å². The summed E-state index contributed by atoms with van der Waals surface area (Å²) >= 11 is 2.20. The van der Waals surface area contributed by atoms with Crippen LogP contribution in [-0.4, -0.2) is 25.5 Å². The van der Waals surface area contributed by atoms with Gasteiger partial charge in [-0.25, -0.2) is 0 Å². The molecular formula is C14H17IN2O. The third-order valence-corrected chi connectivity index (χ3v) is 3.94. The molecule has 0 saturated heterocycles. The minimum atomic E-state index is 0.0162. The van der Waals surface area contributed by atoms with Crippen molar-refractivity contribution < 1.29 is 4.79 Å². The smallest absolute Gasteiger partial charge is 0.252 e. The lowest BCUT2D eigenvalue weighted by atomic mass is 10.1. The lowest BCUT2D eigenvalue weighted by Gasteiger charge is -2.15. The monoisotopic (exact) mass is 356 g/mol. The number of benzene rings is 1. The second kappa shape index (κ2) is 6.33. The van der Waals surface area contributed by atoms with E-state index in [0.29, 0.717) is 6.54 Å². The molecule has 0 aliphatic carbocycles. The Bertz CT molecular complexity index is 483. The molecule has 2 N–H and O–H groups in total. The lowest BCUT2D eigenvalue weighted by molar-refractivity contribution is 0.0955. The number of carbonyl (C=O) groups excluding carboxylic acids is 1. The molecule has 96 valence electrons. The maximum absolute atomic E-state index is 12.1. The van der Waals surface area contributed by atoms with Crippen LogP contribution >= 0.6 is 22.6 Å². The number of halogens is 1. The molecule has 1 aliphatic heterocycles. The summed E-state index contributed by atoms with van der Waals surface area (Å²) in [5.74, 6) is 0.0162. The zero-order valence-electron chi connectivity index (χ0n) is 10.4. The van der Waals surface area contributed by atoms with Crippen molar-refractivity contribution in [3.05, 3.63) is 44.5 Å². The van der Waals surface area contributed by atoms with E-state index in [-0.39, 0.29) is 5.91 Å². The summed E-state index contributed by atoms with van der Waals surface area (Å²) in [6.45, 7) is 4.57. The quantitative estimate of drug-likeness (QED) is 0.644. The number of carbonyl (C=O) groups is 1. The SMILES string of the molecule is Cc1ccc(I)c(C(=O)NCC2=CCNCC2)c1. The summed E-state index contributed by atoms with van der Waals surface area (Å²) in [7, 11) is 0. The van der Waals surface area contributed by atoms with Gasteiger partial charge in [-0.2, -0.15) is 0 Å². The van der Waals surface area contributed by atoms with Gasteiger partial charge in [0.15, 0.2) is 0 Å². The van der Waals surface area contributed by atoms with Crippen LogP contribution in [0, 0.1) is 10.5 Å². The van der Waals surface area contributed by atoms with E-state index < -0.39 is 0 Å². The molecular weight excluding hydrogens is 339 g/mol. The van der Waals surface area contributed by atoms with Gasteiger partial charge in [-0.05, 0) is 54.6 Å². The Balaban J connectivity index is 1.99. The summed E-state index contributed by atoms with van der Waals surface area (Å²) < 4.78 is 0.995. The maximum atomic E-state index is 12.1. The number of aryl methyl sites for hydroxylation is 1. The fraction of sp³-hybridized carbons (Fsp3) is 0.357. The van der Waals surface area contributed by atoms with Crippen molar-refractivity contribution >= 4 is 28.5 Å². The van der Waals surface area contributed by atoms with E-state index in [1.54, 1.807) is 0 Å². The van der Waals surface area contributed by atoms with Crippen molar-refractivity contribution in [2.45, 2.75) is 13.3 Å². The predicted octanol–water partition coefficient (Wildman–Crippen LogP) is 2.25. The Morgan fingerprint density at radius 3 is 3.06 bits per heavy atom. The van der Waals surface area contributed by atoms with Crippen LogP contribution in [0.15, 0.2) is 29.8 Å². The van der Waals surface area contributed by atoms with E-state index in [1.165, 1.54) is 5.57 Å². The number of nitrogens with one attached hydrogen (secondary N) is 2. The summed E-state index contributed by atoms with van der Waals surface area (Å²) in [6.07, 6.45) is 3.18. The Kier molecular flexibility index (Phi) is 4.77. The largest absolute Gasteiger partial charge is 0.348 e. The Hall–Kier alpha value is -0.880. The molecule has 0 saturated carbocycles. The number of rotatable bonds is 3. The van der Waals surface area contributed by atoms with Crippen LogP contribution in [0.1, 0.15) is 22.3 Å². The van der Waals surface area contributed by atoms with Gasteiger partial charge in [-0.3, -0.25) is 4.79 Å². The van der Waals surface area contributed by atoms with Crippen molar-refractivity contribution in [1.82, 2.24) is 10.6 Å². The summed E-state index contributed by atoms with van der Waals surface area (Å²) in [5, 5.41) is 6.26. The van der Waals surface area contributed by atoms with Gasteiger partial charge < -0.3 is 10.6 Å². The first kappa shape index (κ1) is 13.5. The van der Waals surface area contributed by atoms with E-state index in [2.05, 4.69) is 39.3 Å². The lowest BCUT2D eigenvalue weighted by Crippen LogP contribution is -2.30. The van der Waals surface area contributed by atoms with Gasteiger partial charge in [0.25, 0.3) is 5.91 Å². The molecule has 0 aromatic heterocycles. The van der Waals surface area contributed by atoms with Gasteiger partial charge in [-0.15, -0.1) is 0 Å².